The van der Waals surface area contributed by atoms with E-state index in [9.17, 15) is 0 Å². The molecule has 0 saturated carbocycles. The second-order valence-corrected chi connectivity index (χ2v) is 1.90. The zero-order valence-corrected chi connectivity index (χ0v) is 7.49. The van der Waals surface area contributed by atoms with Crippen LogP contribution in [0, 0.1) is 0 Å². The van der Waals surface area contributed by atoms with Crippen molar-refractivity contribution in [3.05, 3.63) is 24.0 Å². The zero-order chi connectivity index (χ0) is 7.82. The summed E-state index contributed by atoms with van der Waals surface area (Å²) < 4.78 is 0. The largest absolute Gasteiger partial charge is 0.355 e. The summed E-state index contributed by atoms with van der Waals surface area (Å²) in [6, 6.07) is 0. The van der Waals surface area contributed by atoms with E-state index in [2.05, 4.69) is 19.5 Å². The maximum atomic E-state index is 4.03. The standard InChI is InChI=1S/C7H13N2P/c1-3-5-6-7(9-10)8-4-2/h3-6,9H,10H2,1-2H3/b5-3-,7-6+,8-4?. The summed E-state index contributed by atoms with van der Waals surface area (Å²) >= 11 is 0. The van der Waals surface area contributed by atoms with Crippen LogP contribution in [0.4, 0.5) is 0 Å². The van der Waals surface area contributed by atoms with Crippen molar-refractivity contribution in [2.45, 2.75) is 13.8 Å². The second kappa shape index (κ2) is 6.50. The summed E-state index contributed by atoms with van der Waals surface area (Å²) in [4.78, 5) is 4.03. The third-order valence-electron chi connectivity index (χ3n) is 0.863. The van der Waals surface area contributed by atoms with E-state index in [1.165, 1.54) is 0 Å². The first-order chi connectivity index (χ1) is 4.85. The number of hydrogen-bond donors (Lipinski definition) is 1. The number of nitrogens with zero attached hydrogens (tertiary/aromatic N) is 1. The van der Waals surface area contributed by atoms with Crippen molar-refractivity contribution < 1.29 is 0 Å². The van der Waals surface area contributed by atoms with Crippen LogP contribution in [0.3, 0.4) is 0 Å². The molecule has 0 radical (unpaired) electrons. The fourth-order valence-corrected chi connectivity index (χ4v) is 0.626. The van der Waals surface area contributed by atoms with Gasteiger partial charge >= 0.3 is 0 Å². The highest BCUT2D eigenvalue weighted by Gasteiger charge is 1.80. The molecule has 1 unspecified atom stereocenters. The molecule has 0 aromatic carbocycles. The van der Waals surface area contributed by atoms with Gasteiger partial charge in [0.05, 0.1) is 0 Å². The highest BCUT2D eigenvalue weighted by molar-refractivity contribution is 7.14. The van der Waals surface area contributed by atoms with Crippen molar-refractivity contribution in [1.29, 1.82) is 0 Å². The topological polar surface area (TPSA) is 24.4 Å². The van der Waals surface area contributed by atoms with Gasteiger partial charge in [-0.3, -0.25) is 0 Å². The van der Waals surface area contributed by atoms with Crippen LogP contribution < -0.4 is 5.09 Å². The number of aliphatic imine (C=N–C) groups is 1. The highest BCUT2D eigenvalue weighted by atomic mass is 31.0. The van der Waals surface area contributed by atoms with Gasteiger partial charge in [-0.1, -0.05) is 12.2 Å². The molecular formula is C7H13N2P. The summed E-state index contributed by atoms with van der Waals surface area (Å²) in [6.07, 6.45) is 7.52. The molecule has 0 aliphatic heterocycles. The van der Waals surface area contributed by atoms with Crippen LogP contribution >= 0.6 is 9.39 Å². The van der Waals surface area contributed by atoms with E-state index in [4.69, 9.17) is 0 Å². The van der Waals surface area contributed by atoms with E-state index in [1.807, 2.05) is 32.1 Å². The van der Waals surface area contributed by atoms with Crippen molar-refractivity contribution in [2.24, 2.45) is 4.99 Å². The van der Waals surface area contributed by atoms with Gasteiger partial charge in [-0.15, -0.1) is 0 Å². The summed E-state index contributed by atoms with van der Waals surface area (Å²) in [6.45, 7) is 3.85. The molecule has 0 aliphatic carbocycles. The van der Waals surface area contributed by atoms with E-state index in [0.29, 0.717) is 0 Å². The van der Waals surface area contributed by atoms with Crippen molar-refractivity contribution in [3.63, 3.8) is 0 Å². The van der Waals surface area contributed by atoms with E-state index in [0.717, 1.165) is 5.82 Å². The third kappa shape index (κ3) is 4.28. The lowest BCUT2D eigenvalue weighted by Gasteiger charge is -1.94. The lowest BCUT2D eigenvalue weighted by Crippen LogP contribution is -1.93. The molecule has 0 aromatic heterocycles. The van der Waals surface area contributed by atoms with Crippen molar-refractivity contribution in [3.8, 4) is 0 Å². The lowest BCUT2D eigenvalue weighted by atomic mass is 10.5. The van der Waals surface area contributed by atoms with Gasteiger partial charge in [0.1, 0.15) is 5.82 Å². The number of hydrogen-bond acceptors (Lipinski definition) is 2. The smallest absolute Gasteiger partial charge is 0.128 e. The third-order valence-corrected chi connectivity index (χ3v) is 1.16. The van der Waals surface area contributed by atoms with Gasteiger partial charge in [-0.2, -0.15) is 0 Å². The number of rotatable bonds is 3. The molecule has 0 amide bonds. The minimum atomic E-state index is 0.839. The molecule has 0 bridgehead atoms. The first-order valence-corrected chi connectivity index (χ1v) is 3.71. The van der Waals surface area contributed by atoms with Crippen LogP contribution in [0.5, 0.6) is 0 Å². The molecule has 0 aromatic rings. The van der Waals surface area contributed by atoms with Gasteiger partial charge in [-0.05, 0) is 29.3 Å². The Morgan fingerprint density at radius 2 is 2.20 bits per heavy atom. The van der Waals surface area contributed by atoms with Crippen LogP contribution in [-0.2, 0) is 0 Å². The normalized spacial score (nSPS) is 13.3. The predicted molar refractivity (Wildman–Crippen MR) is 49.9 cm³/mol. The SMILES string of the molecule is CC=N/C(=C\C=C/C)NP. The Kier molecular flexibility index (Phi) is 6.10. The predicted octanol–water partition coefficient (Wildman–Crippen LogP) is 1.87. The van der Waals surface area contributed by atoms with Gasteiger partial charge in [0, 0.05) is 6.21 Å². The van der Waals surface area contributed by atoms with Crippen LogP contribution in [0.25, 0.3) is 0 Å². The molecule has 0 saturated heterocycles. The van der Waals surface area contributed by atoms with E-state index in [1.54, 1.807) is 6.21 Å². The molecular weight excluding hydrogens is 143 g/mol. The van der Waals surface area contributed by atoms with Crippen LogP contribution in [0.1, 0.15) is 13.8 Å². The van der Waals surface area contributed by atoms with Gasteiger partial charge < -0.3 is 5.09 Å². The summed E-state index contributed by atoms with van der Waals surface area (Å²) in [5, 5.41) is 2.87. The van der Waals surface area contributed by atoms with Gasteiger partial charge in [-0.25, -0.2) is 4.99 Å². The summed E-state index contributed by atoms with van der Waals surface area (Å²) in [5.74, 6) is 0.839. The maximum absolute atomic E-state index is 4.03. The first-order valence-electron chi connectivity index (χ1n) is 3.13. The van der Waals surface area contributed by atoms with Crippen LogP contribution in [0.2, 0.25) is 0 Å². The van der Waals surface area contributed by atoms with Crippen LogP contribution in [0.15, 0.2) is 29.0 Å². The molecule has 0 fully saturated rings. The minimum absolute atomic E-state index is 0.839. The number of nitrogens with one attached hydrogen (secondary N) is 1. The Hall–Kier alpha value is -0.620. The highest BCUT2D eigenvalue weighted by Crippen LogP contribution is 1.93. The molecule has 0 aliphatic rings. The average molecular weight is 156 g/mol. The average Bonchev–Trinajstić information content (AvgIpc) is 1.98. The van der Waals surface area contributed by atoms with E-state index >= 15 is 0 Å². The van der Waals surface area contributed by atoms with Crippen molar-refractivity contribution in [1.82, 2.24) is 5.09 Å². The van der Waals surface area contributed by atoms with E-state index < -0.39 is 0 Å². The quantitative estimate of drug-likeness (QED) is 0.376. The first kappa shape index (κ1) is 9.38. The summed E-state index contributed by atoms with van der Waals surface area (Å²) in [7, 11) is 2.40. The van der Waals surface area contributed by atoms with Gasteiger partial charge in [0.2, 0.25) is 0 Å². The number of allylic oxidation sites excluding steroid dienone is 3. The Morgan fingerprint density at radius 3 is 2.60 bits per heavy atom. The molecule has 0 rings (SSSR count). The Balaban J connectivity index is 4.04. The molecule has 0 spiro atoms. The monoisotopic (exact) mass is 156 g/mol. The lowest BCUT2D eigenvalue weighted by molar-refractivity contribution is 1.16. The molecule has 56 valence electrons. The van der Waals surface area contributed by atoms with Gasteiger partial charge in [0.15, 0.2) is 0 Å². The molecule has 2 nitrogen and oxygen atoms in total. The maximum Gasteiger partial charge on any atom is 0.128 e. The Bertz CT molecular complexity index is 159. The van der Waals surface area contributed by atoms with Crippen LogP contribution in [-0.4, -0.2) is 6.21 Å². The van der Waals surface area contributed by atoms with E-state index in [-0.39, 0.29) is 0 Å². The Morgan fingerprint density at radius 1 is 1.50 bits per heavy atom. The minimum Gasteiger partial charge on any atom is -0.355 e. The van der Waals surface area contributed by atoms with Gasteiger partial charge in [0.25, 0.3) is 0 Å². The molecule has 1 N–H and O–H groups in total. The zero-order valence-electron chi connectivity index (χ0n) is 6.33. The molecule has 3 heteroatoms. The Labute approximate surface area is 64.4 Å². The fraction of sp³-hybridized carbons (Fsp3) is 0.286. The van der Waals surface area contributed by atoms with Crippen molar-refractivity contribution >= 4 is 15.6 Å². The second-order valence-electron chi connectivity index (χ2n) is 1.61. The molecule has 0 heterocycles. The van der Waals surface area contributed by atoms with Crippen molar-refractivity contribution in [2.75, 3.05) is 0 Å². The summed E-state index contributed by atoms with van der Waals surface area (Å²) in [5.41, 5.74) is 0. The molecule has 1 atom stereocenters. The molecule has 10 heavy (non-hydrogen) atoms. The fourth-order valence-electron chi connectivity index (χ4n) is 0.455.